The Kier molecular flexibility index (Phi) is 2.90. The van der Waals surface area contributed by atoms with Gasteiger partial charge in [0.25, 0.3) is 0 Å². The number of hydrogen-bond acceptors (Lipinski definition) is 4. The Labute approximate surface area is 119 Å². The molecule has 108 valence electrons. The van der Waals surface area contributed by atoms with Gasteiger partial charge in [-0.1, -0.05) is 6.07 Å². The molecular formula is C15H21N3O2. The summed E-state index contributed by atoms with van der Waals surface area (Å²) >= 11 is 0. The van der Waals surface area contributed by atoms with Crippen molar-refractivity contribution in [1.82, 2.24) is 4.90 Å². The molecule has 3 rings (SSSR count). The van der Waals surface area contributed by atoms with Gasteiger partial charge >= 0.3 is 0 Å². The molecular weight excluding hydrogens is 254 g/mol. The van der Waals surface area contributed by atoms with E-state index >= 15 is 0 Å². The molecule has 5 nitrogen and oxygen atoms in total. The molecule has 0 radical (unpaired) electrons. The lowest BCUT2D eigenvalue weighted by Gasteiger charge is -2.44. The topological polar surface area (TPSA) is 58.8 Å². The lowest BCUT2D eigenvalue weighted by molar-refractivity contribution is -0.118. The number of carbonyl (C=O) groups excluding carboxylic acids is 1. The average Bonchev–Trinajstić information content (AvgIpc) is 2.74. The van der Waals surface area contributed by atoms with Crippen LogP contribution in [0.4, 0.5) is 5.69 Å². The monoisotopic (exact) mass is 275 g/mol. The van der Waals surface area contributed by atoms with Crippen molar-refractivity contribution in [2.45, 2.75) is 32.4 Å². The van der Waals surface area contributed by atoms with Gasteiger partial charge in [0.15, 0.2) is 0 Å². The quantitative estimate of drug-likeness (QED) is 0.878. The van der Waals surface area contributed by atoms with Gasteiger partial charge in [0.1, 0.15) is 11.4 Å². The minimum atomic E-state index is -0.284. The third kappa shape index (κ3) is 2.12. The van der Waals surface area contributed by atoms with E-state index < -0.39 is 0 Å². The van der Waals surface area contributed by atoms with Gasteiger partial charge in [-0.05, 0) is 38.5 Å². The smallest absolute Gasteiger partial charge is 0.231 e. The average molecular weight is 275 g/mol. The highest BCUT2D eigenvalue weighted by Gasteiger charge is 2.46. The van der Waals surface area contributed by atoms with Crippen LogP contribution in [0.1, 0.15) is 19.4 Å². The Bertz CT molecular complexity index is 556. The van der Waals surface area contributed by atoms with Gasteiger partial charge in [0, 0.05) is 6.54 Å². The highest BCUT2D eigenvalue weighted by molar-refractivity contribution is 5.76. The Morgan fingerprint density at radius 1 is 1.50 bits per heavy atom. The van der Waals surface area contributed by atoms with Gasteiger partial charge in [-0.2, -0.15) is 0 Å². The van der Waals surface area contributed by atoms with Crippen LogP contribution in [0.25, 0.3) is 0 Å². The second-order valence-electron chi connectivity index (χ2n) is 6.28. The third-order valence-electron chi connectivity index (χ3n) is 4.14. The van der Waals surface area contributed by atoms with Crippen molar-refractivity contribution in [1.29, 1.82) is 0 Å². The Morgan fingerprint density at radius 3 is 2.95 bits per heavy atom. The number of aryl methyl sites for hydroxylation is 1. The summed E-state index contributed by atoms with van der Waals surface area (Å²) in [4.78, 5) is 15.6. The number of benzene rings is 1. The van der Waals surface area contributed by atoms with Gasteiger partial charge in [-0.3, -0.25) is 9.69 Å². The first-order valence-electron chi connectivity index (χ1n) is 6.94. The molecule has 1 aromatic rings. The maximum absolute atomic E-state index is 11.2. The molecule has 0 saturated carbocycles. The summed E-state index contributed by atoms with van der Waals surface area (Å²) in [6.07, 6.45) is 0. The molecule has 1 aromatic carbocycles. The van der Waals surface area contributed by atoms with Gasteiger partial charge in [0.05, 0.1) is 24.9 Å². The van der Waals surface area contributed by atoms with Crippen LogP contribution in [0.3, 0.4) is 0 Å². The SMILES string of the molecule is Cc1ccc2c(c1)N1CN(CC(N)=O)CC1C(C)(C)O2. The molecule has 20 heavy (non-hydrogen) atoms. The first-order valence-corrected chi connectivity index (χ1v) is 6.94. The molecule has 2 heterocycles. The largest absolute Gasteiger partial charge is 0.483 e. The van der Waals surface area contributed by atoms with Crippen LogP contribution < -0.4 is 15.4 Å². The predicted molar refractivity (Wildman–Crippen MR) is 77.8 cm³/mol. The van der Waals surface area contributed by atoms with E-state index in [0.717, 1.165) is 24.7 Å². The first-order chi connectivity index (χ1) is 9.37. The molecule has 2 aliphatic rings. The number of ether oxygens (including phenoxy) is 1. The molecule has 0 aliphatic carbocycles. The van der Waals surface area contributed by atoms with Crippen molar-refractivity contribution in [3.05, 3.63) is 23.8 Å². The Morgan fingerprint density at radius 2 is 2.25 bits per heavy atom. The van der Waals surface area contributed by atoms with E-state index in [-0.39, 0.29) is 17.6 Å². The van der Waals surface area contributed by atoms with Gasteiger partial charge in [0.2, 0.25) is 5.91 Å². The molecule has 1 atom stereocenters. The highest BCUT2D eigenvalue weighted by atomic mass is 16.5. The van der Waals surface area contributed by atoms with E-state index in [0.29, 0.717) is 6.54 Å². The molecule has 5 heteroatoms. The summed E-state index contributed by atoms with van der Waals surface area (Å²) in [6, 6.07) is 6.47. The summed E-state index contributed by atoms with van der Waals surface area (Å²) in [7, 11) is 0. The van der Waals surface area contributed by atoms with Crippen molar-refractivity contribution in [3.8, 4) is 5.75 Å². The van der Waals surface area contributed by atoms with Crippen molar-refractivity contribution in [2.24, 2.45) is 5.73 Å². The third-order valence-corrected chi connectivity index (χ3v) is 4.14. The lowest BCUT2D eigenvalue weighted by atomic mass is 9.94. The Hall–Kier alpha value is -1.75. The molecule has 2 N–H and O–H groups in total. The van der Waals surface area contributed by atoms with E-state index in [9.17, 15) is 4.79 Å². The van der Waals surface area contributed by atoms with Crippen molar-refractivity contribution in [2.75, 3.05) is 24.7 Å². The van der Waals surface area contributed by atoms with Crippen LogP contribution in [-0.2, 0) is 4.79 Å². The summed E-state index contributed by atoms with van der Waals surface area (Å²) in [5, 5.41) is 0. The van der Waals surface area contributed by atoms with Crippen LogP contribution >= 0.6 is 0 Å². The summed E-state index contributed by atoms with van der Waals surface area (Å²) < 4.78 is 6.16. The predicted octanol–water partition coefficient (Wildman–Crippen LogP) is 1.10. The van der Waals surface area contributed by atoms with E-state index in [2.05, 4.69) is 42.7 Å². The van der Waals surface area contributed by atoms with Crippen LogP contribution in [0.5, 0.6) is 5.75 Å². The van der Waals surface area contributed by atoms with E-state index in [1.165, 1.54) is 5.56 Å². The molecule has 1 unspecified atom stereocenters. The van der Waals surface area contributed by atoms with Crippen molar-refractivity contribution in [3.63, 3.8) is 0 Å². The second-order valence-corrected chi connectivity index (χ2v) is 6.28. The number of hydrogen-bond donors (Lipinski definition) is 1. The van der Waals surface area contributed by atoms with Gasteiger partial charge < -0.3 is 15.4 Å². The van der Waals surface area contributed by atoms with Crippen LogP contribution in [0, 0.1) is 6.92 Å². The maximum atomic E-state index is 11.2. The number of amides is 1. The van der Waals surface area contributed by atoms with Crippen LogP contribution in [0.2, 0.25) is 0 Å². The summed E-state index contributed by atoms with van der Waals surface area (Å²) in [5.41, 5.74) is 7.35. The fourth-order valence-electron chi connectivity index (χ4n) is 3.18. The van der Waals surface area contributed by atoms with E-state index in [1.54, 1.807) is 0 Å². The molecule has 0 aromatic heterocycles. The zero-order valence-corrected chi connectivity index (χ0v) is 12.2. The number of rotatable bonds is 2. The first kappa shape index (κ1) is 13.2. The zero-order valence-electron chi connectivity index (χ0n) is 12.2. The van der Waals surface area contributed by atoms with Crippen molar-refractivity contribution >= 4 is 11.6 Å². The molecule has 0 spiro atoms. The number of nitrogens with two attached hydrogens (primary N) is 1. The minimum Gasteiger partial charge on any atom is -0.483 e. The number of anilines is 1. The standard InChI is InChI=1S/C15H21N3O2/c1-10-4-5-12-11(6-10)18-9-17(8-14(16)19)7-13(18)15(2,3)20-12/h4-6,13H,7-9H2,1-3H3,(H2,16,19). The molecule has 1 saturated heterocycles. The fraction of sp³-hybridized carbons (Fsp3) is 0.533. The fourth-order valence-corrected chi connectivity index (χ4v) is 3.18. The zero-order chi connectivity index (χ0) is 14.5. The number of carbonyl (C=O) groups is 1. The molecule has 0 bridgehead atoms. The minimum absolute atomic E-state index is 0.233. The summed E-state index contributed by atoms with van der Waals surface area (Å²) in [5.74, 6) is 0.630. The van der Waals surface area contributed by atoms with Gasteiger partial charge in [-0.25, -0.2) is 0 Å². The van der Waals surface area contributed by atoms with Crippen LogP contribution in [0.15, 0.2) is 18.2 Å². The Balaban J connectivity index is 1.96. The van der Waals surface area contributed by atoms with Crippen molar-refractivity contribution < 1.29 is 9.53 Å². The normalized spacial score (nSPS) is 23.9. The molecule has 1 amide bonds. The summed E-state index contributed by atoms with van der Waals surface area (Å²) in [6.45, 7) is 8.08. The second kappa shape index (κ2) is 4.38. The molecule has 2 aliphatic heterocycles. The number of fused-ring (bicyclic) bond motifs is 3. The van der Waals surface area contributed by atoms with E-state index in [4.69, 9.17) is 10.5 Å². The van der Waals surface area contributed by atoms with E-state index in [1.807, 2.05) is 6.07 Å². The number of nitrogens with zero attached hydrogens (tertiary/aromatic N) is 2. The number of primary amides is 1. The highest BCUT2D eigenvalue weighted by Crippen LogP contribution is 2.43. The maximum Gasteiger partial charge on any atom is 0.231 e. The van der Waals surface area contributed by atoms with Gasteiger partial charge in [-0.15, -0.1) is 0 Å². The molecule has 1 fully saturated rings. The lowest BCUT2D eigenvalue weighted by Crippen LogP contribution is -2.54. The van der Waals surface area contributed by atoms with Crippen LogP contribution in [-0.4, -0.2) is 42.2 Å².